The fourth-order valence-electron chi connectivity index (χ4n) is 10.5. The molecule has 9 aromatic carbocycles. The highest BCUT2D eigenvalue weighted by molar-refractivity contribution is 6.06. The summed E-state index contributed by atoms with van der Waals surface area (Å²) in [4.78, 5) is 21.2. The van der Waals surface area contributed by atoms with Crippen molar-refractivity contribution in [2.75, 3.05) is 0 Å². The van der Waals surface area contributed by atoms with Gasteiger partial charge in [-0.3, -0.25) is 0 Å². The zero-order chi connectivity index (χ0) is 42.9. The minimum Gasteiger partial charge on any atom is -0.247 e. The Bertz CT molecular complexity index is 3540. The van der Waals surface area contributed by atoms with Crippen molar-refractivity contribution in [3.05, 3.63) is 253 Å². The number of benzene rings is 9. The van der Waals surface area contributed by atoms with E-state index in [-0.39, 0.29) is 0 Å². The van der Waals surface area contributed by atoms with Crippen molar-refractivity contribution in [1.82, 2.24) is 19.9 Å². The van der Waals surface area contributed by atoms with Crippen LogP contribution in [0.3, 0.4) is 0 Å². The first-order valence-corrected chi connectivity index (χ1v) is 22.1. The lowest BCUT2D eigenvalue weighted by Gasteiger charge is -2.31. The largest absolute Gasteiger partial charge is 0.247 e. The smallest absolute Gasteiger partial charge is 0.164 e. The number of fused-ring (bicyclic) bond motifs is 12. The monoisotopic (exact) mass is 826 g/mol. The Hall–Kier alpha value is -8.60. The van der Waals surface area contributed by atoms with E-state index in [4.69, 9.17) is 19.9 Å². The van der Waals surface area contributed by atoms with Crippen LogP contribution in [0.4, 0.5) is 0 Å². The van der Waals surface area contributed by atoms with E-state index in [0.717, 1.165) is 61.3 Å². The van der Waals surface area contributed by atoms with Gasteiger partial charge in [-0.25, -0.2) is 19.9 Å². The van der Waals surface area contributed by atoms with Crippen LogP contribution in [0.2, 0.25) is 0 Å². The second-order valence-corrected chi connectivity index (χ2v) is 16.9. The Morgan fingerprint density at radius 1 is 0.246 bits per heavy atom. The first-order valence-electron chi connectivity index (χ1n) is 22.1. The highest BCUT2D eigenvalue weighted by Gasteiger charge is 2.53. The van der Waals surface area contributed by atoms with Crippen molar-refractivity contribution >= 4 is 10.8 Å². The third-order valence-electron chi connectivity index (χ3n) is 13.3. The molecule has 0 bridgehead atoms. The van der Waals surface area contributed by atoms with Gasteiger partial charge in [0, 0.05) is 38.8 Å². The van der Waals surface area contributed by atoms with Crippen molar-refractivity contribution in [3.8, 4) is 90.1 Å². The van der Waals surface area contributed by atoms with Crippen LogP contribution in [0, 0.1) is 0 Å². The average molecular weight is 827 g/mol. The molecule has 302 valence electrons. The molecule has 2 aliphatic rings. The third-order valence-corrected chi connectivity index (χ3v) is 13.3. The van der Waals surface area contributed by atoms with Gasteiger partial charge in [-0.05, 0) is 73.7 Å². The van der Waals surface area contributed by atoms with Crippen LogP contribution in [0.1, 0.15) is 22.3 Å². The van der Waals surface area contributed by atoms with E-state index in [1.165, 1.54) is 44.3 Å². The summed E-state index contributed by atoms with van der Waals surface area (Å²) < 4.78 is 0. The molecule has 0 N–H and O–H groups in total. The van der Waals surface area contributed by atoms with E-state index >= 15 is 0 Å². The van der Waals surface area contributed by atoms with E-state index in [0.29, 0.717) is 17.5 Å². The minimum absolute atomic E-state index is 0.483. The summed E-state index contributed by atoms with van der Waals surface area (Å²) in [5, 5.41) is 2.33. The van der Waals surface area contributed by atoms with Crippen molar-refractivity contribution < 1.29 is 0 Å². The molecule has 2 heterocycles. The van der Waals surface area contributed by atoms with Crippen LogP contribution in [0.25, 0.3) is 101 Å². The normalized spacial score (nSPS) is 12.7. The molecule has 0 saturated carbocycles. The molecule has 4 nitrogen and oxygen atoms in total. The molecular formula is C61H38N4. The number of hydrogen-bond donors (Lipinski definition) is 0. The van der Waals surface area contributed by atoms with Crippen LogP contribution >= 0.6 is 0 Å². The Labute approximate surface area is 377 Å². The SMILES string of the molecule is c1ccc(-c2cc(-c3ccccc3)cc(-c3nc(-c4ccccc4)nc(-c4ccc(-c5nc6c(c7ccccc57)C5(c7ccccc7-c7ccccc75)c5ccccc5-6)cc4)n3)c2)cc1. The first-order chi connectivity index (χ1) is 32.2. The zero-order valence-electron chi connectivity index (χ0n) is 35.2. The van der Waals surface area contributed by atoms with E-state index < -0.39 is 5.41 Å². The zero-order valence-corrected chi connectivity index (χ0v) is 35.2. The summed E-state index contributed by atoms with van der Waals surface area (Å²) in [6.07, 6.45) is 0. The van der Waals surface area contributed by atoms with Gasteiger partial charge in [-0.2, -0.15) is 0 Å². The van der Waals surface area contributed by atoms with Gasteiger partial charge in [0.15, 0.2) is 17.5 Å². The number of pyridine rings is 1. The average Bonchev–Trinajstić information content (AvgIpc) is 3.86. The van der Waals surface area contributed by atoms with Crippen molar-refractivity contribution in [2.45, 2.75) is 5.41 Å². The van der Waals surface area contributed by atoms with Gasteiger partial charge in [0.2, 0.25) is 0 Å². The standard InChI is InChI=1S/C61H38N4/c1-4-18-39(19-5-1)44-36-45(40-20-6-2-7-21-40)38-46(37-44)60-64-58(42-22-8-3-9-23-42)63-59(65-60)43-34-32-41(33-35-43)56-50-27-11-10-26-49(50)55-57(62-56)51-28-14-17-31-54(51)61(55)52-29-15-12-24-47(52)48-25-13-16-30-53(48)61/h1-38H. The van der Waals surface area contributed by atoms with E-state index in [1.54, 1.807) is 0 Å². The van der Waals surface area contributed by atoms with Crippen LogP contribution in [-0.2, 0) is 5.41 Å². The summed E-state index contributed by atoms with van der Waals surface area (Å²) in [5.41, 5.74) is 18.6. The molecule has 0 unspecified atom stereocenters. The molecule has 65 heavy (non-hydrogen) atoms. The Balaban J connectivity index is 0.971. The van der Waals surface area contributed by atoms with E-state index in [2.05, 4.69) is 200 Å². The fraction of sp³-hybridized carbons (Fsp3) is 0.0164. The van der Waals surface area contributed by atoms with Gasteiger partial charge in [0.05, 0.1) is 16.8 Å². The quantitative estimate of drug-likeness (QED) is 0.168. The van der Waals surface area contributed by atoms with Crippen molar-refractivity contribution in [3.63, 3.8) is 0 Å². The van der Waals surface area contributed by atoms with Gasteiger partial charge in [-0.15, -0.1) is 0 Å². The molecule has 0 radical (unpaired) electrons. The summed E-state index contributed by atoms with van der Waals surface area (Å²) in [6, 6.07) is 81.9. The van der Waals surface area contributed by atoms with Crippen molar-refractivity contribution in [2.24, 2.45) is 0 Å². The van der Waals surface area contributed by atoms with Gasteiger partial charge >= 0.3 is 0 Å². The predicted octanol–water partition coefficient (Wildman–Crippen LogP) is 14.8. The van der Waals surface area contributed by atoms with Crippen LogP contribution < -0.4 is 0 Å². The lowest BCUT2D eigenvalue weighted by Crippen LogP contribution is -2.26. The molecule has 0 aliphatic heterocycles. The molecule has 0 amide bonds. The molecular weight excluding hydrogens is 789 g/mol. The maximum absolute atomic E-state index is 5.69. The predicted molar refractivity (Wildman–Crippen MR) is 264 cm³/mol. The summed E-state index contributed by atoms with van der Waals surface area (Å²) in [5.74, 6) is 1.84. The number of rotatable bonds is 6. The van der Waals surface area contributed by atoms with Crippen LogP contribution in [0.5, 0.6) is 0 Å². The van der Waals surface area contributed by atoms with Gasteiger partial charge in [0.1, 0.15) is 0 Å². The molecule has 1 spiro atoms. The topological polar surface area (TPSA) is 51.6 Å². The Kier molecular flexibility index (Phi) is 8.40. The Morgan fingerprint density at radius 3 is 1.18 bits per heavy atom. The van der Waals surface area contributed by atoms with E-state index in [1.807, 2.05) is 30.3 Å². The molecule has 2 aromatic heterocycles. The molecule has 2 aliphatic carbocycles. The summed E-state index contributed by atoms with van der Waals surface area (Å²) in [6.45, 7) is 0. The fourth-order valence-corrected chi connectivity index (χ4v) is 10.5. The van der Waals surface area contributed by atoms with Gasteiger partial charge < -0.3 is 0 Å². The highest BCUT2D eigenvalue weighted by atomic mass is 15.0. The third kappa shape index (κ3) is 5.77. The summed E-state index contributed by atoms with van der Waals surface area (Å²) in [7, 11) is 0. The minimum atomic E-state index is -0.483. The maximum Gasteiger partial charge on any atom is 0.164 e. The number of hydrogen-bond acceptors (Lipinski definition) is 4. The highest BCUT2D eigenvalue weighted by Crippen LogP contribution is 2.64. The molecule has 11 aromatic rings. The van der Waals surface area contributed by atoms with Crippen LogP contribution in [-0.4, -0.2) is 19.9 Å². The summed E-state index contributed by atoms with van der Waals surface area (Å²) >= 11 is 0. The molecule has 0 atom stereocenters. The molecule has 13 rings (SSSR count). The molecule has 4 heteroatoms. The van der Waals surface area contributed by atoms with Gasteiger partial charge in [0.25, 0.3) is 0 Å². The number of nitrogens with zero attached hydrogens (tertiary/aromatic N) is 4. The van der Waals surface area contributed by atoms with Gasteiger partial charge in [-0.1, -0.05) is 212 Å². The van der Waals surface area contributed by atoms with E-state index in [9.17, 15) is 0 Å². The first kappa shape index (κ1) is 37.0. The van der Waals surface area contributed by atoms with Crippen molar-refractivity contribution in [1.29, 1.82) is 0 Å². The maximum atomic E-state index is 5.69. The molecule has 0 fully saturated rings. The lowest BCUT2D eigenvalue weighted by atomic mass is 9.69. The number of aromatic nitrogens is 4. The Morgan fingerprint density at radius 2 is 0.631 bits per heavy atom. The van der Waals surface area contributed by atoms with Crippen LogP contribution in [0.15, 0.2) is 231 Å². The second kappa shape index (κ2) is 14.8. The lowest BCUT2D eigenvalue weighted by molar-refractivity contribution is 0.799. The second-order valence-electron chi connectivity index (χ2n) is 16.9. The molecule has 0 saturated heterocycles.